The van der Waals surface area contributed by atoms with E-state index in [2.05, 4.69) is 25.6 Å². The molecule has 2 N–H and O–H groups in total. The Bertz CT molecular complexity index is 1160. The second-order valence-corrected chi connectivity index (χ2v) is 9.69. The van der Waals surface area contributed by atoms with E-state index in [4.69, 9.17) is 23.7 Å². The van der Waals surface area contributed by atoms with Gasteiger partial charge in [0.25, 0.3) is 0 Å². The number of hydrogen-bond donors (Lipinski definition) is 2. The maximum absolute atomic E-state index is 12.4. The Hall–Kier alpha value is -3.52. The summed E-state index contributed by atoms with van der Waals surface area (Å²) in [6.45, 7) is 3.50. The average molecular weight is 533 g/mol. The zero-order valence-electron chi connectivity index (χ0n) is 21.3. The van der Waals surface area contributed by atoms with Crippen molar-refractivity contribution in [1.82, 2.24) is 24.8 Å². The number of carbonyl (C=O) groups is 3. The fourth-order valence-electron chi connectivity index (χ4n) is 5.14. The van der Waals surface area contributed by atoms with Crippen LogP contribution in [-0.2, 0) is 33.3 Å². The lowest BCUT2D eigenvalue weighted by molar-refractivity contribution is -0.165. The van der Waals surface area contributed by atoms with Gasteiger partial charge >= 0.3 is 18.0 Å². The molecule has 0 unspecified atom stereocenters. The minimum Gasteiger partial charge on any atom is -0.455 e. The minimum atomic E-state index is -1.05. The van der Waals surface area contributed by atoms with Crippen molar-refractivity contribution in [2.24, 2.45) is 0 Å². The van der Waals surface area contributed by atoms with Gasteiger partial charge in [-0.05, 0) is 19.3 Å². The summed E-state index contributed by atoms with van der Waals surface area (Å²) in [6, 6.07) is 0.174. The van der Waals surface area contributed by atoms with Crippen molar-refractivity contribution >= 4 is 35.0 Å². The molecule has 0 spiro atoms. The number of carbonyl (C=O) groups excluding carboxylic acids is 3. The molecule has 0 radical (unpaired) electrons. The molecular formula is C24H32N6O8. The fraction of sp³-hybridized carbons (Fsp3) is 0.667. The van der Waals surface area contributed by atoms with Gasteiger partial charge in [0.15, 0.2) is 35.4 Å². The summed E-state index contributed by atoms with van der Waals surface area (Å²) in [5, 5.41) is 6.17. The molecule has 0 aromatic carbocycles. The normalized spacial score (nSPS) is 27.4. The second-order valence-electron chi connectivity index (χ2n) is 9.69. The molecule has 38 heavy (non-hydrogen) atoms. The Morgan fingerprint density at radius 1 is 1.03 bits per heavy atom. The lowest BCUT2D eigenvalue weighted by atomic mass is 10.1. The number of alkyl carbamates (subject to hydrolysis) is 1. The van der Waals surface area contributed by atoms with Crippen molar-refractivity contribution in [2.75, 3.05) is 25.1 Å². The van der Waals surface area contributed by atoms with Crippen LogP contribution in [0, 0.1) is 0 Å². The van der Waals surface area contributed by atoms with Crippen LogP contribution in [-0.4, -0.2) is 87.8 Å². The highest BCUT2D eigenvalue weighted by molar-refractivity contribution is 5.83. The predicted octanol–water partition coefficient (Wildman–Crippen LogP) is 1.46. The molecule has 206 valence electrons. The van der Waals surface area contributed by atoms with E-state index in [-0.39, 0.29) is 18.7 Å². The van der Waals surface area contributed by atoms with Gasteiger partial charge in [-0.15, -0.1) is 0 Å². The van der Waals surface area contributed by atoms with Crippen LogP contribution in [0.2, 0.25) is 0 Å². The topological polar surface area (TPSA) is 165 Å². The summed E-state index contributed by atoms with van der Waals surface area (Å²) in [4.78, 5) is 49.5. The average Bonchev–Trinajstić information content (AvgIpc) is 3.67. The van der Waals surface area contributed by atoms with E-state index in [9.17, 15) is 14.4 Å². The largest absolute Gasteiger partial charge is 0.455 e. The first-order chi connectivity index (χ1) is 18.4. The summed E-state index contributed by atoms with van der Waals surface area (Å²) in [7, 11) is 0. The number of fused-ring (bicyclic) bond motifs is 1. The molecule has 5 rings (SSSR count). The molecule has 5 atom stereocenters. The molecule has 0 bridgehead atoms. The number of hydrogen-bond acceptors (Lipinski definition) is 12. The van der Waals surface area contributed by atoms with Gasteiger partial charge in [0.2, 0.25) is 0 Å². The molecule has 1 saturated carbocycles. The highest BCUT2D eigenvalue weighted by Crippen LogP contribution is 2.36. The highest BCUT2D eigenvalue weighted by atomic mass is 16.7. The number of nitrogens with one attached hydrogen (secondary N) is 2. The van der Waals surface area contributed by atoms with Crippen LogP contribution in [0.4, 0.5) is 10.6 Å². The number of aromatic nitrogens is 4. The Labute approximate surface area is 218 Å². The third-order valence-electron chi connectivity index (χ3n) is 6.85. The Morgan fingerprint density at radius 2 is 1.79 bits per heavy atom. The number of rotatable bonds is 8. The summed E-state index contributed by atoms with van der Waals surface area (Å²) in [6.07, 6.45) is 3.13. The van der Waals surface area contributed by atoms with E-state index >= 15 is 0 Å². The third-order valence-corrected chi connectivity index (χ3v) is 6.85. The van der Waals surface area contributed by atoms with Crippen LogP contribution in [0.15, 0.2) is 12.7 Å². The molecule has 4 heterocycles. The van der Waals surface area contributed by atoms with E-state index in [1.165, 1.54) is 26.5 Å². The first-order valence-electron chi connectivity index (χ1n) is 12.8. The molecule has 2 aromatic rings. The summed E-state index contributed by atoms with van der Waals surface area (Å²) in [5.74, 6) is -0.657. The van der Waals surface area contributed by atoms with Gasteiger partial charge in [0.1, 0.15) is 19.0 Å². The van der Waals surface area contributed by atoms with Gasteiger partial charge in [-0.1, -0.05) is 12.8 Å². The van der Waals surface area contributed by atoms with Crippen LogP contribution in [0.25, 0.3) is 11.2 Å². The summed E-state index contributed by atoms with van der Waals surface area (Å²) >= 11 is 0. The molecule has 2 saturated heterocycles. The first kappa shape index (κ1) is 26.1. The number of nitrogens with zero attached hydrogens (tertiary/aromatic N) is 4. The Balaban J connectivity index is 1.38. The van der Waals surface area contributed by atoms with Crippen molar-refractivity contribution in [3.63, 3.8) is 0 Å². The van der Waals surface area contributed by atoms with Crippen molar-refractivity contribution in [1.29, 1.82) is 0 Å². The molecule has 1 amide bonds. The van der Waals surface area contributed by atoms with Crippen LogP contribution in [0.5, 0.6) is 0 Å². The van der Waals surface area contributed by atoms with Crippen LogP contribution < -0.4 is 10.6 Å². The molecule has 14 nitrogen and oxygen atoms in total. The van der Waals surface area contributed by atoms with E-state index in [1.807, 2.05) is 0 Å². The summed E-state index contributed by atoms with van der Waals surface area (Å²) in [5.41, 5.74) is 0.912. The maximum atomic E-state index is 12.4. The fourth-order valence-corrected chi connectivity index (χ4v) is 5.14. The van der Waals surface area contributed by atoms with E-state index < -0.39 is 42.6 Å². The van der Waals surface area contributed by atoms with Crippen LogP contribution in [0.1, 0.15) is 52.2 Å². The minimum absolute atomic E-state index is 0.0772. The van der Waals surface area contributed by atoms with Gasteiger partial charge in [-0.2, -0.15) is 0 Å². The predicted molar refractivity (Wildman–Crippen MR) is 130 cm³/mol. The second kappa shape index (κ2) is 11.5. The van der Waals surface area contributed by atoms with Crippen molar-refractivity contribution < 1.29 is 38.1 Å². The lowest BCUT2D eigenvalue weighted by Gasteiger charge is -2.24. The maximum Gasteiger partial charge on any atom is 0.407 e. The van der Waals surface area contributed by atoms with Gasteiger partial charge in [0, 0.05) is 26.5 Å². The van der Waals surface area contributed by atoms with Gasteiger partial charge < -0.3 is 34.3 Å². The number of anilines is 1. The molecule has 3 aliphatic rings. The van der Waals surface area contributed by atoms with Crippen molar-refractivity contribution in [3.8, 4) is 0 Å². The van der Waals surface area contributed by atoms with Gasteiger partial charge in [0.05, 0.1) is 19.0 Å². The molecule has 3 fully saturated rings. The molecular weight excluding hydrogens is 500 g/mol. The Kier molecular flexibility index (Phi) is 7.88. The Morgan fingerprint density at radius 3 is 2.50 bits per heavy atom. The van der Waals surface area contributed by atoms with Crippen LogP contribution >= 0.6 is 0 Å². The van der Waals surface area contributed by atoms with E-state index in [1.54, 1.807) is 4.57 Å². The zero-order valence-corrected chi connectivity index (χ0v) is 21.3. The number of ether oxygens (including phenoxy) is 5. The van der Waals surface area contributed by atoms with Gasteiger partial charge in [-0.3, -0.25) is 14.2 Å². The van der Waals surface area contributed by atoms with Crippen molar-refractivity contribution in [3.05, 3.63) is 12.7 Å². The zero-order chi connectivity index (χ0) is 26.6. The standard InChI is InChI=1S/C24H32N6O8/c1-13(31)36-19-17(10-35-24(33)29-15-5-3-4-6-15)38-23(20(19)37-14(2)32)30-12-27-18-21(25-11-26-22(18)30)28-16-7-8-34-9-16/h11-12,15-17,19-20,23H,3-10H2,1-2H3,(H,29,33)(H,25,26,28)/t16-,17-,19-,20-,23-/m1/s1. The molecule has 14 heteroatoms. The molecule has 1 aliphatic carbocycles. The smallest absolute Gasteiger partial charge is 0.407 e. The van der Waals surface area contributed by atoms with E-state index in [0.717, 1.165) is 32.1 Å². The number of amides is 1. The van der Waals surface area contributed by atoms with Crippen LogP contribution in [0.3, 0.4) is 0 Å². The third kappa shape index (κ3) is 5.80. The number of esters is 2. The lowest BCUT2D eigenvalue weighted by Crippen LogP contribution is -2.41. The van der Waals surface area contributed by atoms with E-state index in [0.29, 0.717) is 30.2 Å². The monoisotopic (exact) mass is 532 g/mol. The van der Waals surface area contributed by atoms with Gasteiger partial charge in [-0.25, -0.2) is 19.7 Å². The first-order valence-corrected chi connectivity index (χ1v) is 12.8. The molecule has 2 aromatic heterocycles. The SMILES string of the molecule is CC(=O)O[C@@H]1[C@H](OC(C)=O)[C@@H](COC(=O)NC2CCCC2)O[C@H]1n1cnc2c(N[C@@H]3CCOC3)ncnc21. The number of imidazole rings is 1. The highest BCUT2D eigenvalue weighted by Gasteiger charge is 2.51. The quantitative estimate of drug-likeness (QED) is 0.372. The van der Waals surface area contributed by atoms with Crippen molar-refractivity contribution in [2.45, 2.75) is 82.6 Å². The summed E-state index contributed by atoms with van der Waals surface area (Å²) < 4.78 is 29.7. The molecule has 2 aliphatic heterocycles.